The van der Waals surface area contributed by atoms with Crippen LogP contribution in [0.15, 0.2) is 18.2 Å². The van der Waals surface area contributed by atoms with Crippen molar-refractivity contribution in [3.63, 3.8) is 0 Å². The molecule has 2 rings (SSSR count). The smallest absolute Gasteiger partial charge is 0.254 e. The van der Waals surface area contributed by atoms with E-state index in [9.17, 15) is 9.59 Å². The van der Waals surface area contributed by atoms with Crippen LogP contribution in [0.3, 0.4) is 0 Å². The molecule has 0 bridgehead atoms. The third-order valence-electron chi connectivity index (χ3n) is 3.79. The first-order chi connectivity index (χ1) is 10.5. The van der Waals surface area contributed by atoms with Crippen LogP contribution in [0.4, 0.5) is 0 Å². The average Bonchev–Trinajstić information content (AvgIpc) is 2.52. The lowest BCUT2D eigenvalue weighted by Gasteiger charge is -2.32. The third-order valence-corrected chi connectivity index (χ3v) is 4.92. The number of amides is 2. The van der Waals surface area contributed by atoms with Crippen LogP contribution in [-0.4, -0.2) is 36.3 Å². The number of likely N-dealkylation sites (tertiary alicyclic amines) is 1. The molecule has 6 heteroatoms. The van der Waals surface area contributed by atoms with E-state index in [1.165, 1.54) is 0 Å². The third kappa shape index (κ3) is 4.35. The molecule has 4 nitrogen and oxygen atoms in total. The van der Waals surface area contributed by atoms with Gasteiger partial charge in [0.2, 0.25) is 5.91 Å². The summed E-state index contributed by atoms with van der Waals surface area (Å²) in [6.07, 6.45) is 2.63. The maximum Gasteiger partial charge on any atom is 0.254 e. The number of carbonyl (C=O) groups excluding carboxylic acids is 2. The molecule has 1 aliphatic heterocycles. The van der Waals surface area contributed by atoms with E-state index in [1.54, 1.807) is 23.1 Å². The molecule has 0 aliphatic carbocycles. The quantitative estimate of drug-likeness (QED) is 0.739. The number of nitrogens with zero attached hydrogens (tertiary/aromatic N) is 1. The van der Waals surface area contributed by atoms with Gasteiger partial charge in [-0.3, -0.25) is 9.59 Å². The summed E-state index contributed by atoms with van der Waals surface area (Å²) in [5.74, 6) is -0.0616. The molecule has 1 N–H and O–H groups in total. The number of rotatable bonds is 4. The zero-order valence-corrected chi connectivity index (χ0v) is 15.5. The molecule has 1 unspecified atom stereocenters. The molecule has 1 aliphatic rings. The second kappa shape index (κ2) is 8.15. The Morgan fingerprint density at radius 3 is 2.91 bits per heavy atom. The van der Waals surface area contributed by atoms with Gasteiger partial charge in [-0.1, -0.05) is 18.5 Å². The SMILES string of the molecule is CCCNC(=O)C1CCCN(C(=O)c2ccc(Cl)cc2I)C1. The summed E-state index contributed by atoms with van der Waals surface area (Å²) in [6.45, 7) is 3.92. The molecule has 0 saturated carbocycles. The molecule has 22 heavy (non-hydrogen) atoms. The number of hydrogen-bond acceptors (Lipinski definition) is 2. The van der Waals surface area contributed by atoms with Crippen LogP contribution in [0, 0.1) is 9.49 Å². The van der Waals surface area contributed by atoms with Gasteiger partial charge >= 0.3 is 0 Å². The molecule has 1 atom stereocenters. The zero-order valence-electron chi connectivity index (χ0n) is 12.6. The van der Waals surface area contributed by atoms with Crippen LogP contribution in [0.2, 0.25) is 5.02 Å². The van der Waals surface area contributed by atoms with Crippen LogP contribution in [0.25, 0.3) is 0 Å². The monoisotopic (exact) mass is 434 g/mol. The molecule has 1 fully saturated rings. The topological polar surface area (TPSA) is 49.4 Å². The number of nitrogens with one attached hydrogen (secondary N) is 1. The molecule has 1 heterocycles. The number of piperidine rings is 1. The predicted molar refractivity (Wildman–Crippen MR) is 96.1 cm³/mol. The van der Waals surface area contributed by atoms with Gasteiger partial charge in [0.05, 0.1) is 11.5 Å². The number of benzene rings is 1. The van der Waals surface area contributed by atoms with Gasteiger partial charge in [0.25, 0.3) is 5.91 Å². The summed E-state index contributed by atoms with van der Waals surface area (Å²) in [7, 11) is 0. The molecular formula is C16H20ClIN2O2. The van der Waals surface area contributed by atoms with Gasteiger partial charge in [-0.2, -0.15) is 0 Å². The normalized spacial score (nSPS) is 18.1. The Morgan fingerprint density at radius 2 is 2.23 bits per heavy atom. The Hall–Kier alpha value is -0.820. The summed E-state index contributed by atoms with van der Waals surface area (Å²) >= 11 is 8.06. The van der Waals surface area contributed by atoms with Crippen LogP contribution in [0.1, 0.15) is 36.5 Å². The van der Waals surface area contributed by atoms with E-state index in [4.69, 9.17) is 11.6 Å². The van der Waals surface area contributed by atoms with Gasteiger partial charge in [0.1, 0.15) is 0 Å². The zero-order chi connectivity index (χ0) is 16.1. The summed E-state index contributed by atoms with van der Waals surface area (Å²) in [5.41, 5.74) is 0.652. The van der Waals surface area contributed by atoms with E-state index in [-0.39, 0.29) is 17.7 Å². The van der Waals surface area contributed by atoms with Crippen molar-refractivity contribution >= 4 is 46.0 Å². The van der Waals surface area contributed by atoms with E-state index in [2.05, 4.69) is 27.9 Å². The van der Waals surface area contributed by atoms with Crippen molar-refractivity contribution in [3.8, 4) is 0 Å². The van der Waals surface area contributed by atoms with Gasteiger partial charge in [-0.25, -0.2) is 0 Å². The van der Waals surface area contributed by atoms with Crippen LogP contribution in [-0.2, 0) is 4.79 Å². The highest BCUT2D eigenvalue weighted by Gasteiger charge is 2.29. The molecule has 120 valence electrons. The first kappa shape index (κ1) is 17.5. The van der Waals surface area contributed by atoms with Crippen LogP contribution in [0.5, 0.6) is 0 Å². The molecule has 0 radical (unpaired) electrons. The molecular weight excluding hydrogens is 415 g/mol. The fourth-order valence-corrected chi connectivity index (χ4v) is 3.70. The van der Waals surface area contributed by atoms with E-state index in [0.717, 1.165) is 22.8 Å². The van der Waals surface area contributed by atoms with Crippen molar-refractivity contribution in [2.75, 3.05) is 19.6 Å². The molecule has 1 aromatic rings. The van der Waals surface area contributed by atoms with E-state index in [0.29, 0.717) is 30.2 Å². The van der Waals surface area contributed by atoms with Crippen molar-refractivity contribution in [2.24, 2.45) is 5.92 Å². The number of hydrogen-bond donors (Lipinski definition) is 1. The van der Waals surface area contributed by atoms with Crippen LogP contribution >= 0.6 is 34.2 Å². The molecule has 0 spiro atoms. The number of halogens is 2. The highest BCUT2D eigenvalue weighted by Crippen LogP contribution is 2.23. The maximum atomic E-state index is 12.7. The highest BCUT2D eigenvalue weighted by atomic mass is 127. The fourth-order valence-electron chi connectivity index (χ4n) is 2.60. The van der Waals surface area contributed by atoms with Crippen molar-refractivity contribution in [1.29, 1.82) is 0 Å². The summed E-state index contributed by atoms with van der Waals surface area (Å²) in [4.78, 5) is 26.5. The van der Waals surface area contributed by atoms with Crippen molar-refractivity contribution in [3.05, 3.63) is 32.4 Å². The lowest BCUT2D eigenvalue weighted by Crippen LogP contribution is -2.45. The largest absolute Gasteiger partial charge is 0.356 e. The summed E-state index contributed by atoms with van der Waals surface area (Å²) in [5, 5.41) is 3.55. The first-order valence-electron chi connectivity index (χ1n) is 7.55. The average molecular weight is 435 g/mol. The minimum absolute atomic E-state index is 0.0194. The molecule has 0 aromatic heterocycles. The summed E-state index contributed by atoms with van der Waals surface area (Å²) < 4.78 is 0.840. The fraction of sp³-hybridized carbons (Fsp3) is 0.500. The summed E-state index contributed by atoms with van der Waals surface area (Å²) in [6, 6.07) is 5.27. The predicted octanol–water partition coefficient (Wildman–Crippen LogP) is 3.32. The first-order valence-corrected chi connectivity index (χ1v) is 9.00. The van der Waals surface area contributed by atoms with Crippen molar-refractivity contribution < 1.29 is 9.59 Å². The van der Waals surface area contributed by atoms with Gasteiger partial charge < -0.3 is 10.2 Å². The Bertz CT molecular complexity index is 565. The standard InChI is InChI=1S/C16H20ClIN2O2/c1-2-7-19-15(21)11-4-3-8-20(10-11)16(22)13-6-5-12(17)9-14(13)18/h5-6,9,11H,2-4,7-8,10H2,1H3,(H,19,21). The lowest BCUT2D eigenvalue weighted by atomic mass is 9.96. The van der Waals surface area contributed by atoms with Gasteiger partial charge in [-0.15, -0.1) is 0 Å². The Morgan fingerprint density at radius 1 is 1.45 bits per heavy atom. The minimum Gasteiger partial charge on any atom is -0.356 e. The van der Waals surface area contributed by atoms with E-state index >= 15 is 0 Å². The van der Waals surface area contributed by atoms with Crippen molar-refractivity contribution in [1.82, 2.24) is 10.2 Å². The number of carbonyl (C=O) groups is 2. The Labute approximate surface area is 149 Å². The van der Waals surface area contributed by atoms with E-state index in [1.807, 2.05) is 6.92 Å². The second-order valence-corrected chi connectivity index (χ2v) is 7.10. The Balaban J connectivity index is 2.05. The molecule has 1 aromatic carbocycles. The molecule has 1 saturated heterocycles. The van der Waals surface area contributed by atoms with Gasteiger partial charge in [0, 0.05) is 28.2 Å². The van der Waals surface area contributed by atoms with Crippen LogP contribution < -0.4 is 5.32 Å². The second-order valence-electron chi connectivity index (χ2n) is 5.51. The van der Waals surface area contributed by atoms with Gasteiger partial charge in [0.15, 0.2) is 0 Å². The lowest BCUT2D eigenvalue weighted by molar-refractivity contribution is -0.126. The van der Waals surface area contributed by atoms with Crippen molar-refractivity contribution in [2.45, 2.75) is 26.2 Å². The molecule has 2 amide bonds. The van der Waals surface area contributed by atoms with E-state index < -0.39 is 0 Å². The highest BCUT2D eigenvalue weighted by molar-refractivity contribution is 14.1. The minimum atomic E-state index is -0.103. The maximum absolute atomic E-state index is 12.7. The van der Waals surface area contributed by atoms with Gasteiger partial charge in [-0.05, 0) is 60.1 Å². The Kier molecular flexibility index (Phi) is 6.50.